The summed E-state index contributed by atoms with van der Waals surface area (Å²) in [4.78, 5) is 10.4. The van der Waals surface area contributed by atoms with E-state index in [0.29, 0.717) is 11.9 Å². The van der Waals surface area contributed by atoms with Crippen molar-refractivity contribution in [2.24, 2.45) is 0 Å². The first-order chi connectivity index (χ1) is 8.17. The molecule has 6 nitrogen and oxygen atoms in total. The second-order valence-corrected chi connectivity index (χ2v) is 4.39. The highest BCUT2D eigenvalue weighted by Gasteiger charge is 2.18. The lowest BCUT2D eigenvalue weighted by Gasteiger charge is -2.31. The summed E-state index contributed by atoms with van der Waals surface area (Å²) in [5.74, 6) is 1.36. The maximum absolute atomic E-state index is 5.63. The van der Waals surface area contributed by atoms with Gasteiger partial charge in [0.1, 0.15) is 11.6 Å². The molecule has 0 saturated carbocycles. The second-order valence-electron chi connectivity index (χ2n) is 4.39. The molecule has 0 aromatic carbocycles. The van der Waals surface area contributed by atoms with Crippen LogP contribution >= 0.6 is 0 Å². The van der Waals surface area contributed by atoms with Crippen LogP contribution in [0.5, 0.6) is 0 Å². The van der Waals surface area contributed by atoms with Crippen LogP contribution in [0.2, 0.25) is 0 Å². The molecule has 1 saturated heterocycles. The number of rotatable bonds is 3. The average molecular weight is 236 g/mol. The zero-order valence-electron chi connectivity index (χ0n) is 10.2. The Balaban J connectivity index is 1.93. The lowest BCUT2D eigenvalue weighted by Crippen LogP contribution is -2.39. The monoisotopic (exact) mass is 236 g/mol. The third kappa shape index (κ3) is 3.20. The Bertz CT molecular complexity index is 352. The third-order valence-electron chi connectivity index (χ3n) is 3.15. The van der Waals surface area contributed by atoms with Crippen molar-refractivity contribution in [2.75, 3.05) is 36.4 Å². The molecule has 0 aliphatic carbocycles. The summed E-state index contributed by atoms with van der Waals surface area (Å²) in [5.41, 5.74) is 11.2. The third-order valence-corrected chi connectivity index (χ3v) is 3.15. The van der Waals surface area contributed by atoms with Crippen LogP contribution in [0.25, 0.3) is 0 Å². The molecule has 1 aromatic heterocycles. The van der Waals surface area contributed by atoms with E-state index >= 15 is 0 Å². The maximum Gasteiger partial charge on any atom is 0.223 e. The van der Waals surface area contributed by atoms with Gasteiger partial charge in [-0.25, -0.2) is 0 Å². The molecule has 0 spiro atoms. The molecule has 0 atom stereocenters. The van der Waals surface area contributed by atoms with Crippen molar-refractivity contribution in [1.82, 2.24) is 14.9 Å². The van der Waals surface area contributed by atoms with Crippen LogP contribution in [0.3, 0.4) is 0 Å². The van der Waals surface area contributed by atoms with Crippen LogP contribution in [-0.4, -0.2) is 40.5 Å². The summed E-state index contributed by atoms with van der Waals surface area (Å²) < 4.78 is 0. The highest BCUT2D eigenvalue weighted by Crippen LogP contribution is 2.16. The molecule has 0 unspecified atom stereocenters. The van der Waals surface area contributed by atoms with Gasteiger partial charge in [0.05, 0.1) is 0 Å². The highest BCUT2D eigenvalue weighted by atomic mass is 15.2. The van der Waals surface area contributed by atoms with Gasteiger partial charge in [-0.1, -0.05) is 6.92 Å². The summed E-state index contributed by atoms with van der Waals surface area (Å²) >= 11 is 0. The highest BCUT2D eigenvalue weighted by molar-refractivity contribution is 5.48. The van der Waals surface area contributed by atoms with E-state index in [1.54, 1.807) is 6.07 Å². The predicted octanol–water partition coefficient (Wildman–Crippen LogP) is 0.537. The first-order valence-electron chi connectivity index (χ1n) is 6.06. The fourth-order valence-corrected chi connectivity index (χ4v) is 2.16. The molecule has 0 amide bonds. The van der Waals surface area contributed by atoms with Crippen molar-refractivity contribution in [3.05, 3.63) is 6.07 Å². The maximum atomic E-state index is 5.63. The van der Waals surface area contributed by atoms with Crippen LogP contribution in [0.4, 0.5) is 17.6 Å². The van der Waals surface area contributed by atoms with Crippen molar-refractivity contribution in [3.63, 3.8) is 0 Å². The van der Waals surface area contributed by atoms with E-state index in [0.717, 1.165) is 38.3 Å². The summed E-state index contributed by atoms with van der Waals surface area (Å²) in [6.07, 6.45) is 2.25. The Morgan fingerprint density at radius 2 is 2.06 bits per heavy atom. The number of nitrogens with zero attached hydrogens (tertiary/aromatic N) is 3. The minimum atomic E-state index is 0.221. The summed E-state index contributed by atoms with van der Waals surface area (Å²) in [6.45, 7) is 5.58. The number of anilines is 3. The molecular weight excluding hydrogens is 216 g/mol. The number of likely N-dealkylation sites (tertiary alicyclic amines) is 1. The predicted molar refractivity (Wildman–Crippen MR) is 69.6 cm³/mol. The number of hydrogen-bond donors (Lipinski definition) is 3. The van der Waals surface area contributed by atoms with E-state index in [9.17, 15) is 0 Å². The van der Waals surface area contributed by atoms with Crippen LogP contribution < -0.4 is 16.8 Å². The van der Waals surface area contributed by atoms with Gasteiger partial charge in [-0.3, -0.25) is 0 Å². The quantitative estimate of drug-likeness (QED) is 0.709. The number of aromatic nitrogens is 2. The van der Waals surface area contributed by atoms with Gasteiger partial charge in [0.15, 0.2) is 0 Å². The fraction of sp³-hybridized carbons (Fsp3) is 0.636. The Hall–Kier alpha value is -1.56. The SMILES string of the molecule is CCN1CCC(Nc2cc(N)nc(N)n2)CC1. The van der Waals surface area contributed by atoms with Crippen molar-refractivity contribution in [1.29, 1.82) is 0 Å². The minimum absolute atomic E-state index is 0.221. The van der Waals surface area contributed by atoms with E-state index in [1.165, 1.54) is 0 Å². The van der Waals surface area contributed by atoms with Crippen LogP contribution in [0.15, 0.2) is 6.07 Å². The first kappa shape index (κ1) is 11.9. The molecule has 17 heavy (non-hydrogen) atoms. The van der Waals surface area contributed by atoms with Crippen LogP contribution in [0, 0.1) is 0 Å². The molecule has 1 aromatic rings. The van der Waals surface area contributed by atoms with Gasteiger partial charge < -0.3 is 21.7 Å². The number of hydrogen-bond acceptors (Lipinski definition) is 6. The Labute approximate surface area is 101 Å². The topological polar surface area (TPSA) is 93.1 Å². The first-order valence-corrected chi connectivity index (χ1v) is 6.06. The molecule has 5 N–H and O–H groups in total. The summed E-state index contributed by atoms with van der Waals surface area (Å²) in [7, 11) is 0. The molecule has 1 fully saturated rings. The molecule has 0 bridgehead atoms. The normalized spacial score (nSPS) is 18.2. The lowest BCUT2D eigenvalue weighted by atomic mass is 10.1. The molecule has 0 radical (unpaired) electrons. The molecular formula is C11H20N6. The molecule has 2 heterocycles. The summed E-state index contributed by atoms with van der Waals surface area (Å²) in [6, 6.07) is 2.18. The van der Waals surface area contributed by atoms with Gasteiger partial charge in [0, 0.05) is 25.2 Å². The van der Waals surface area contributed by atoms with E-state index < -0.39 is 0 Å². The van der Waals surface area contributed by atoms with Gasteiger partial charge in [-0.2, -0.15) is 9.97 Å². The minimum Gasteiger partial charge on any atom is -0.383 e. The van der Waals surface area contributed by atoms with E-state index in [1.807, 2.05) is 0 Å². The molecule has 94 valence electrons. The average Bonchev–Trinajstić information content (AvgIpc) is 2.28. The zero-order valence-corrected chi connectivity index (χ0v) is 10.2. The zero-order chi connectivity index (χ0) is 12.3. The molecule has 6 heteroatoms. The smallest absolute Gasteiger partial charge is 0.223 e. The van der Waals surface area contributed by atoms with Crippen molar-refractivity contribution >= 4 is 17.6 Å². The van der Waals surface area contributed by atoms with Crippen LogP contribution in [-0.2, 0) is 0 Å². The van der Waals surface area contributed by atoms with Gasteiger partial charge in [0.2, 0.25) is 5.95 Å². The second kappa shape index (κ2) is 5.18. The van der Waals surface area contributed by atoms with E-state index in [2.05, 4.69) is 27.1 Å². The molecule has 2 rings (SSSR count). The lowest BCUT2D eigenvalue weighted by molar-refractivity contribution is 0.229. The van der Waals surface area contributed by atoms with Crippen molar-refractivity contribution in [2.45, 2.75) is 25.8 Å². The van der Waals surface area contributed by atoms with Crippen molar-refractivity contribution < 1.29 is 0 Å². The number of nitrogen functional groups attached to an aromatic ring is 2. The van der Waals surface area contributed by atoms with Gasteiger partial charge in [0.25, 0.3) is 0 Å². The van der Waals surface area contributed by atoms with E-state index in [4.69, 9.17) is 11.5 Å². The van der Waals surface area contributed by atoms with Crippen LogP contribution in [0.1, 0.15) is 19.8 Å². The van der Waals surface area contributed by atoms with Crippen molar-refractivity contribution in [3.8, 4) is 0 Å². The fourth-order valence-electron chi connectivity index (χ4n) is 2.16. The van der Waals surface area contributed by atoms with E-state index in [-0.39, 0.29) is 5.95 Å². The standard InChI is InChI=1S/C11H20N6/c1-2-17-5-3-8(4-6-17)14-10-7-9(12)15-11(13)16-10/h7-8H,2-6H2,1H3,(H5,12,13,14,15,16). The van der Waals surface area contributed by atoms with Gasteiger partial charge >= 0.3 is 0 Å². The number of nitrogens with one attached hydrogen (secondary N) is 1. The number of piperidine rings is 1. The largest absolute Gasteiger partial charge is 0.383 e. The Morgan fingerprint density at radius 3 is 2.65 bits per heavy atom. The Morgan fingerprint density at radius 1 is 1.35 bits per heavy atom. The Kier molecular flexibility index (Phi) is 3.63. The number of nitrogens with two attached hydrogens (primary N) is 2. The molecule has 1 aliphatic rings. The molecule has 1 aliphatic heterocycles. The van der Waals surface area contributed by atoms with Gasteiger partial charge in [-0.15, -0.1) is 0 Å². The van der Waals surface area contributed by atoms with Gasteiger partial charge in [-0.05, 0) is 19.4 Å². The summed E-state index contributed by atoms with van der Waals surface area (Å²) in [5, 5.41) is 3.37.